The van der Waals surface area contributed by atoms with Gasteiger partial charge < -0.3 is 15.2 Å². The van der Waals surface area contributed by atoms with Crippen molar-refractivity contribution in [2.24, 2.45) is 11.7 Å². The summed E-state index contributed by atoms with van der Waals surface area (Å²) in [5, 5.41) is 0. The third kappa shape index (κ3) is 2.19. The van der Waals surface area contributed by atoms with Crippen LogP contribution < -0.4 is 5.73 Å². The Morgan fingerprint density at radius 2 is 2.42 bits per heavy atom. The van der Waals surface area contributed by atoms with Gasteiger partial charge >= 0.3 is 5.97 Å². The van der Waals surface area contributed by atoms with E-state index in [1.807, 2.05) is 0 Å². The van der Waals surface area contributed by atoms with Gasteiger partial charge in [0.25, 0.3) is 0 Å². The summed E-state index contributed by atoms with van der Waals surface area (Å²) in [7, 11) is 1.40. The number of nitrogens with two attached hydrogens (primary N) is 1. The zero-order valence-corrected chi connectivity index (χ0v) is 7.29. The lowest BCUT2D eigenvalue weighted by atomic mass is 9.99. The van der Waals surface area contributed by atoms with Crippen molar-refractivity contribution in [3.05, 3.63) is 0 Å². The standard InChI is InChI=1S/C8H15NO3/c1-11-8(10)6-2-3-7(4-9)12-5-6/h6-7H,2-5,9H2,1H3. The summed E-state index contributed by atoms with van der Waals surface area (Å²) in [6, 6.07) is 0. The molecule has 0 amide bonds. The highest BCUT2D eigenvalue weighted by molar-refractivity contribution is 5.72. The minimum atomic E-state index is -0.175. The van der Waals surface area contributed by atoms with Gasteiger partial charge in [-0.1, -0.05) is 0 Å². The minimum Gasteiger partial charge on any atom is -0.469 e. The second-order valence-electron chi connectivity index (χ2n) is 2.99. The predicted molar refractivity (Wildman–Crippen MR) is 43.5 cm³/mol. The van der Waals surface area contributed by atoms with Crippen molar-refractivity contribution in [2.45, 2.75) is 18.9 Å². The lowest BCUT2D eigenvalue weighted by molar-refractivity contribution is -0.151. The number of carbonyl (C=O) groups excluding carboxylic acids is 1. The van der Waals surface area contributed by atoms with Crippen LogP contribution in [0.5, 0.6) is 0 Å². The molecule has 0 saturated carbocycles. The number of ether oxygens (including phenoxy) is 2. The van der Waals surface area contributed by atoms with Crippen molar-refractivity contribution in [3.8, 4) is 0 Å². The molecule has 1 fully saturated rings. The molecule has 0 aromatic rings. The van der Waals surface area contributed by atoms with Crippen molar-refractivity contribution in [1.82, 2.24) is 0 Å². The molecule has 0 aromatic heterocycles. The lowest BCUT2D eigenvalue weighted by Crippen LogP contribution is -2.35. The van der Waals surface area contributed by atoms with Crippen molar-refractivity contribution in [1.29, 1.82) is 0 Å². The predicted octanol–water partition coefficient (Wildman–Crippen LogP) is -0.0867. The zero-order chi connectivity index (χ0) is 8.97. The number of carbonyl (C=O) groups is 1. The molecule has 2 atom stereocenters. The molecule has 0 aromatic carbocycles. The number of hydrogen-bond donors (Lipinski definition) is 1. The first kappa shape index (κ1) is 9.48. The van der Waals surface area contributed by atoms with Gasteiger partial charge in [-0.25, -0.2) is 0 Å². The highest BCUT2D eigenvalue weighted by Gasteiger charge is 2.26. The van der Waals surface area contributed by atoms with E-state index in [4.69, 9.17) is 10.5 Å². The van der Waals surface area contributed by atoms with E-state index < -0.39 is 0 Å². The molecule has 1 aliphatic rings. The van der Waals surface area contributed by atoms with Crippen LogP contribution >= 0.6 is 0 Å². The van der Waals surface area contributed by atoms with Gasteiger partial charge in [-0.05, 0) is 12.8 Å². The first-order valence-electron chi connectivity index (χ1n) is 4.17. The molecule has 1 aliphatic heterocycles. The normalized spacial score (nSPS) is 29.8. The molecule has 4 heteroatoms. The molecular formula is C8H15NO3. The van der Waals surface area contributed by atoms with E-state index in [0.29, 0.717) is 13.2 Å². The third-order valence-corrected chi connectivity index (χ3v) is 2.17. The van der Waals surface area contributed by atoms with Crippen LogP contribution in [0.1, 0.15) is 12.8 Å². The molecule has 1 saturated heterocycles. The first-order valence-corrected chi connectivity index (χ1v) is 4.17. The van der Waals surface area contributed by atoms with Gasteiger partial charge in [-0.3, -0.25) is 4.79 Å². The van der Waals surface area contributed by atoms with Crippen LogP contribution in [0, 0.1) is 5.92 Å². The monoisotopic (exact) mass is 173 g/mol. The summed E-state index contributed by atoms with van der Waals surface area (Å²) in [6.45, 7) is 0.989. The maximum atomic E-state index is 11.0. The minimum absolute atomic E-state index is 0.0854. The van der Waals surface area contributed by atoms with Crippen LogP contribution in [0.15, 0.2) is 0 Å². The van der Waals surface area contributed by atoms with E-state index >= 15 is 0 Å². The highest BCUT2D eigenvalue weighted by atomic mass is 16.5. The fourth-order valence-electron chi connectivity index (χ4n) is 1.34. The summed E-state index contributed by atoms with van der Waals surface area (Å²) in [4.78, 5) is 11.0. The van der Waals surface area contributed by atoms with Gasteiger partial charge in [-0.15, -0.1) is 0 Å². The Morgan fingerprint density at radius 3 is 2.83 bits per heavy atom. The van der Waals surface area contributed by atoms with Crippen molar-refractivity contribution in [3.63, 3.8) is 0 Å². The molecule has 2 N–H and O–H groups in total. The number of rotatable bonds is 2. The maximum absolute atomic E-state index is 11.0. The fraction of sp³-hybridized carbons (Fsp3) is 0.875. The van der Waals surface area contributed by atoms with E-state index in [2.05, 4.69) is 4.74 Å². The van der Waals surface area contributed by atoms with Gasteiger partial charge in [0, 0.05) is 6.54 Å². The molecule has 4 nitrogen and oxygen atoms in total. The van der Waals surface area contributed by atoms with Crippen molar-refractivity contribution in [2.75, 3.05) is 20.3 Å². The fourth-order valence-corrected chi connectivity index (χ4v) is 1.34. The molecule has 0 aliphatic carbocycles. The van der Waals surface area contributed by atoms with E-state index in [0.717, 1.165) is 12.8 Å². The quantitative estimate of drug-likeness (QED) is 0.593. The second-order valence-corrected chi connectivity index (χ2v) is 2.99. The highest BCUT2D eigenvalue weighted by Crippen LogP contribution is 2.19. The molecule has 2 unspecified atom stereocenters. The first-order chi connectivity index (χ1) is 5.77. The summed E-state index contributed by atoms with van der Waals surface area (Å²) in [6.07, 6.45) is 1.82. The van der Waals surface area contributed by atoms with Crippen LogP contribution in [0.25, 0.3) is 0 Å². The molecule has 0 spiro atoms. The van der Waals surface area contributed by atoms with E-state index in [9.17, 15) is 4.79 Å². The SMILES string of the molecule is COC(=O)C1CCC(CN)OC1. The molecule has 12 heavy (non-hydrogen) atoms. The zero-order valence-electron chi connectivity index (χ0n) is 7.29. The van der Waals surface area contributed by atoms with Gasteiger partial charge in [0.2, 0.25) is 0 Å². The Hall–Kier alpha value is -0.610. The average Bonchev–Trinajstić information content (AvgIpc) is 2.17. The number of hydrogen-bond acceptors (Lipinski definition) is 4. The van der Waals surface area contributed by atoms with Crippen LogP contribution in [0.4, 0.5) is 0 Å². The lowest BCUT2D eigenvalue weighted by Gasteiger charge is -2.26. The summed E-state index contributed by atoms with van der Waals surface area (Å²) >= 11 is 0. The topological polar surface area (TPSA) is 61.5 Å². The molecule has 1 heterocycles. The molecule has 0 radical (unpaired) electrons. The molecule has 70 valence electrons. The Labute approximate surface area is 72.0 Å². The number of methoxy groups -OCH3 is 1. The summed E-state index contributed by atoms with van der Waals surface area (Å²) in [5.41, 5.74) is 5.42. The number of esters is 1. The Bertz CT molecular complexity index is 152. The Morgan fingerprint density at radius 1 is 1.67 bits per heavy atom. The summed E-state index contributed by atoms with van der Waals surface area (Å²) in [5.74, 6) is -0.261. The largest absolute Gasteiger partial charge is 0.469 e. The van der Waals surface area contributed by atoms with Crippen molar-refractivity contribution >= 4 is 5.97 Å². The summed E-state index contributed by atoms with van der Waals surface area (Å²) < 4.78 is 9.95. The van der Waals surface area contributed by atoms with E-state index in [-0.39, 0.29) is 18.0 Å². The smallest absolute Gasteiger partial charge is 0.311 e. The van der Waals surface area contributed by atoms with Crippen LogP contribution in [0.3, 0.4) is 0 Å². The van der Waals surface area contributed by atoms with Crippen LogP contribution in [0.2, 0.25) is 0 Å². The van der Waals surface area contributed by atoms with Gasteiger partial charge in [0.05, 0.1) is 25.7 Å². The Kier molecular flexibility index (Phi) is 3.49. The van der Waals surface area contributed by atoms with E-state index in [1.165, 1.54) is 7.11 Å². The molecule has 1 rings (SSSR count). The van der Waals surface area contributed by atoms with Crippen molar-refractivity contribution < 1.29 is 14.3 Å². The van der Waals surface area contributed by atoms with E-state index in [1.54, 1.807) is 0 Å². The molecule has 0 bridgehead atoms. The van der Waals surface area contributed by atoms with Crippen LogP contribution in [-0.2, 0) is 14.3 Å². The average molecular weight is 173 g/mol. The molecular weight excluding hydrogens is 158 g/mol. The van der Waals surface area contributed by atoms with Gasteiger partial charge in [-0.2, -0.15) is 0 Å². The van der Waals surface area contributed by atoms with Gasteiger partial charge in [0.1, 0.15) is 0 Å². The second kappa shape index (κ2) is 4.42. The third-order valence-electron chi connectivity index (χ3n) is 2.17. The Balaban J connectivity index is 2.30. The van der Waals surface area contributed by atoms with Gasteiger partial charge in [0.15, 0.2) is 0 Å². The van der Waals surface area contributed by atoms with Crippen LogP contribution in [-0.4, -0.2) is 32.3 Å². The maximum Gasteiger partial charge on any atom is 0.311 e.